The molecule has 2 aromatic rings. The monoisotopic (exact) mass is 275 g/mol. The fraction of sp³-hybridized carbons (Fsp3) is 0.294. The molecular formula is C17H19F2N. The van der Waals surface area contributed by atoms with E-state index >= 15 is 0 Å². The smallest absolute Gasteiger partial charge is 0.133 e. The van der Waals surface area contributed by atoms with Gasteiger partial charge in [-0.1, -0.05) is 24.3 Å². The van der Waals surface area contributed by atoms with E-state index in [9.17, 15) is 8.78 Å². The van der Waals surface area contributed by atoms with Crippen LogP contribution in [0.4, 0.5) is 8.78 Å². The molecule has 0 aliphatic carbocycles. The summed E-state index contributed by atoms with van der Waals surface area (Å²) in [5.74, 6) is -1.12. The largest absolute Gasteiger partial charge is 0.323 e. The minimum atomic E-state index is -0.683. The molecule has 106 valence electrons. The van der Waals surface area contributed by atoms with Gasteiger partial charge in [-0.2, -0.15) is 0 Å². The van der Waals surface area contributed by atoms with E-state index in [1.807, 2.05) is 32.0 Å². The average molecular weight is 275 g/mol. The summed E-state index contributed by atoms with van der Waals surface area (Å²) in [6.45, 7) is 5.65. The number of aryl methyl sites for hydroxylation is 3. The van der Waals surface area contributed by atoms with Gasteiger partial charge in [0.2, 0.25) is 0 Å². The highest BCUT2D eigenvalue weighted by Crippen LogP contribution is 2.25. The van der Waals surface area contributed by atoms with Crippen molar-refractivity contribution >= 4 is 0 Å². The first-order valence-electron chi connectivity index (χ1n) is 6.66. The summed E-state index contributed by atoms with van der Waals surface area (Å²) in [5, 5.41) is 0. The number of halogens is 2. The molecule has 0 aliphatic rings. The number of hydrogen-bond acceptors (Lipinski definition) is 1. The van der Waals surface area contributed by atoms with Crippen molar-refractivity contribution in [3.05, 3.63) is 69.8 Å². The lowest BCUT2D eigenvalue weighted by Gasteiger charge is -2.16. The van der Waals surface area contributed by atoms with Gasteiger partial charge in [-0.15, -0.1) is 0 Å². The molecule has 2 rings (SSSR count). The van der Waals surface area contributed by atoms with E-state index in [-0.39, 0.29) is 5.56 Å². The van der Waals surface area contributed by atoms with Crippen LogP contribution in [0.1, 0.15) is 33.9 Å². The van der Waals surface area contributed by atoms with Crippen LogP contribution in [-0.4, -0.2) is 0 Å². The normalized spacial score (nSPS) is 12.5. The zero-order chi connectivity index (χ0) is 14.9. The van der Waals surface area contributed by atoms with Crippen LogP contribution in [0, 0.1) is 32.4 Å². The maximum Gasteiger partial charge on any atom is 0.133 e. The van der Waals surface area contributed by atoms with Gasteiger partial charge in [0.15, 0.2) is 0 Å². The molecule has 1 nitrogen and oxygen atoms in total. The zero-order valence-corrected chi connectivity index (χ0v) is 12.0. The van der Waals surface area contributed by atoms with E-state index in [0.717, 1.165) is 11.1 Å². The Labute approximate surface area is 118 Å². The standard InChI is InChI=1S/C17H19F2N/c1-10-4-6-13(8-12(10)3)9-15(20)16-14(18)7-5-11(2)17(16)19/h4-8,15H,9,20H2,1-3H3. The van der Waals surface area contributed by atoms with Crippen LogP contribution in [0.2, 0.25) is 0 Å². The van der Waals surface area contributed by atoms with Crippen molar-refractivity contribution in [1.82, 2.24) is 0 Å². The summed E-state index contributed by atoms with van der Waals surface area (Å²) < 4.78 is 27.8. The molecule has 0 saturated carbocycles. The molecule has 20 heavy (non-hydrogen) atoms. The number of benzene rings is 2. The maximum absolute atomic E-state index is 14.0. The molecular weight excluding hydrogens is 256 g/mol. The van der Waals surface area contributed by atoms with Crippen LogP contribution in [0.3, 0.4) is 0 Å². The molecule has 3 heteroatoms. The Morgan fingerprint density at radius 2 is 1.60 bits per heavy atom. The van der Waals surface area contributed by atoms with Crippen LogP contribution in [0.15, 0.2) is 30.3 Å². The summed E-state index contributed by atoms with van der Waals surface area (Å²) >= 11 is 0. The highest BCUT2D eigenvalue weighted by Gasteiger charge is 2.18. The molecule has 1 atom stereocenters. The predicted molar refractivity (Wildman–Crippen MR) is 77.6 cm³/mol. The lowest BCUT2D eigenvalue weighted by molar-refractivity contribution is 0.520. The van der Waals surface area contributed by atoms with Gasteiger partial charge in [0.05, 0.1) is 0 Å². The zero-order valence-electron chi connectivity index (χ0n) is 12.0. The van der Waals surface area contributed by atoms with Crippen molar-refractivity contribution in [1.29, 1.82) is 0 Å². The van der Waals surface area contributed by atoms with E-state index in [2.05, 4.69) is 0 Å². The van der Waals surface area contributed by atoms with E-state index in [4.69, 9.17) is 5.73 Å². The second kappa shape index (κ2) is 5.71. The Kier molecular flexibility index (Phi) is 4.19. The van der Waals surface area contributed by atoms with Crippen molar-refractivity contribution in [3.63, 3.8) is 0 Å². The lowest BCUT2D eigenvalue weighted by atomic mass is 9.95. The SMILES string of the molecule is Cc1ccc(CC(N)c2c(F)ccc(C)c2F)cc1C. The first-order valence-corrected chi connectivity index (χ1v) is 6.66. The molecule has 0 saturated heterocycles. The van der Waals surface area contributed by atoms with Crippen LogP contribution in [0.25, 0.3) is 0 Å². The summed E-state index contributed by atoms with van der Waals surface area (Å²) in [7, 11) is 0. The van der Waals surface area contributed by atoms with Crippen molar-refractivity contribution in [3.8, 4) is 0 Å². The first kappa shape index (κ1) is 14.7. The summed E-state index contributed by atoms with van der Waals surface area (Å²) in [4.78, 5) is 0. The molecule has 0 amide bonds. The van der Waals surface area contributed by atoms with E-state index in [1.165, 1.54) is 17.7 Å². The molecule has 1 unspecified atom stereocenters. The van der Waals surface area contributed by atoms with Gasteiger partial charge in [0.25, 0.3) is 0 Å². The van der Waals surface area contributed by atoms with Crippen molar-refractivity contribution in [2.45, 2.75) is 33.2 Å². The molecule has 0 aliphatic heterocycles. The van der Waals surface area contributed by atoms with Gasteiger partial charge in [-0.3, -0.25) is 0 Å². The fourth-order valence-electron chi connectivity index (χ4n) is 2.30. The third-order valence-electron chi connectivity index (χ3n) is 3.72. The summed E-state index contributed by atoms with van der Waals surface area (Å²) in [5.41, 5.74) is 9.72. The minimum Gasteiger partial charge on any atom is -0.323 e. The molecule has 0 spiro atoms. The van der Waals surface area contributed by atoms with Crippen LogP contribution < -0.4 is 5.73 Å². The van der Waals surface area contributed by atoms with E-state index < -0.39 is 17.7 Å². The Morgan fingerprint density at radius 1 is 0.950 bits per heavy atom. The maximum atomic E-state index is 14.0. The van der Waals surface area contributed by atoms with E-state index in [1.54, 1.807) is 6.92 Å². The number of hydrogen-bond donors (Lipinski definition) is 1. The van der Waals surface area contributed by atoms with Crippen molar-refractivity contribution in [2.24, 2.45) is 5.73 Å². The van der Waals surface area contributed by atoms with Gasteiger partial charge in [-0.25, -0.2) is 8.78 Å². The lowest BCUT2D eigenvalue weighted by Crippen LogP contribution is -2.17. The second-order valence-electron chi connectivity index (χ2n) is 5.32. The Bertz CT molecular complexity index is 635. The molecule has 0 radical (unpaired) electrons. The van der Waals surface area contributed by atoms with Gasteiger partial charge in [-0.05, 0) is 55.5 Å². The molecule has 2 N–H and O–H groups in total. The predicted octanol–water partition coefficient (Wildman–Crippen LogP) is 4.13. The van der Waals surface area contributed by atoms with Gasteiger partial charge in [0.1, 0.15) is 11.6 Å². The van der Waals surface area contributed by atoms with Crippen molar-refractivity contribution < 1.29 is 8.78 Å². The Hall–Kier alpha value is -1.74. The Morgan fingerprint density at radius 3 is 2.25 bits per heavy atom. The van der Waals surface area contributed by atoms with Crippen LogP contribution in [0.5, 0.6) is 0 Å². The second-order valence-corrected chi connectivity index (χ2v) is 5.32. The topological polar surface area (TPSA) is 26.0 Å². The molecule has 2 aromatic carbocycles. The molecule has 0 aromatic heterocycles. The molecule has 0 bridgehead atoms. The van der Waals surface area contributed by atoms with Crippen LogP contribution in [-0.2, 0) is 6.42 Å². The first-order chi connectivity index (χ1) is 9.40. The van der Waals surface area contributed by atoms with Crippen LogP contribution >= 0.6 is 0 Å². The number of rotatable bonds is 3. The fourth-order valence-corrected chi connectivity index (χ4v) is 2.30. The highest BCUT2D eigenvalue weighted by molar-refractivity contribution is 5.33. The highest BCUT2D eigenvalue weighted by atomic mass is 19.1. The molecule has 0 heterocycles. The quantitative estimate of drug-likeness (QED) is 0.895. The Balaban J connectivity index is 2.30. The summed E-state index contributed by atoms with van der Waals surface area (Å²) in [6.07, 6.45) is 0.415. The summed E-state index contributed by atoms with van der Waals surface area (Å²) in [6, 6.07) is 7.98. The number of nitrogens with two attached hydrogens (primary N) is 1. The van der Waals surface area contributed by atoms with Gasteiger partial charge >= 0.3 is 0 Å². The van der Waals surface area contributed by atoms with Gasteiger partial charge < -0.3 is 5.73 Å². The third kappa shape index (κ3) is 2.88. The van der Waals surface area contributed by atoms with Crippen molar-refractivity contribution in [2.75, 3.05) is 0 Å². The molecule has 0 fully saturated rings. The van der Waals surface area contributed by atoms with Gasteiger partial charge in [0, 0.05) is 11.6 Å². The minimum absolute atomic E-state index is 0.0248. The average Bonchev–Trinajstić information content (AvgIpc) is 2.39. The van der Waals surface area contributed by atoms with E-state index in [0.29, 0.717) is 12.0 Å². The third-order valence-corrected chi connectivity index (χ3v) is 3.72.